The first kappa shape index (κ1) is 20.0. The van der Waals surface area contributed by atoms with Crippen molar-refractivity contribution in [2.24, 2.45) is 0 Å². The zero-order valence-corrected chi connectivity index (χ0v) is 17.0. The summed E-state index contributed by atoms with van der Waals surface area (Å²) >= 11 is 11.7. The molecule has 0 bridgehead atoms. The topological polar surface area (TPSA) is 55.8 Å². The van der Waals surface area contributed by atoms with E-state index in [0.717, 1.165) is 25.1 Å². The molecule has 150 valence electrons. The molecular formula is C22H19Cl2NO4. The van der Waals surface area contributed by atoms with Crippen molar-refractivity contribution in [3.63, 3.8) is 0 Å². The smallest absolute Gasteiger partial charge is 0.338 e. The molecule has 0 spiro atoms. The molecule has 0 aliphatic carbocycles. The van der Waals surface area contributed by atoms with Crippen LogP contribution in [0.5, 0.6) is 0 Å². The lowest BCUT2D eigenvalue weighted by molar-refractivity contribution is 0.0240. The molecule has 1 fully saturated rings. The van der Waals surface area contributed by atoms with Crippen LogP contribution in [0, 0.1) is 0 Å². The lowest BCUT2D eigenvalue weighted by atomic mass is 10.0. The number of carbonyl (C=O) groups excluding carboxylic acids is 2. The Hall–Kier alpha value is -2.34. The van der Waals surface area contributed by atoms with Crippen LogP contribution in [0.1, 0.15) is 27.1 Å². The van der Waals surface area contributed by atoms with Gasteiger partial charge in [0.1, 0.15) is 12.7 Å². The fourth-order valence-corrected chi connectivity index (χ4v) is 3.99. The number of ether oxygens (including phenoxy) is 2. The molecule has 2 aliphatic rings. The number of hydrogen-bond donors (Lipinski definition) is 0. The van der Waals surface area contributed by atoms with E-state index in [0.29, 0.717) is 21.2 Å². The number of halogens is 2. The molecule has 7 heteroatoms. The number of benzene rings is 2. The molecule has 0 radical (unpaired) electrons. The third-order valence-corrected chi connectivity index (χ3v) is 5.71. The van der Waals surface area contributed by atoms with E-state index in [9.17, 15) is 9.59 Å². The highest BCUT2D eigenvalue weighted by molar-refractivity contribution is 6.31. The molecule has 2 aromatic carbocycles. The van der Waals surface area contributed by atoms with Crippen LogP contribution in [0.15, 0.2) is 60.2 Å². The predicted molar refractivity (Wildman–Crippen MR) is 110 cm³/mol. The summed E-state index contributed by atoms with van der Waals surface area (Å²) in [5.74, 6) is -0.786. The Morgan fingerprint density at radius 2 is 1.52 bits per heavy atom. The van der Waals surface area contributed by atoms with Gasteiger partial charge >= 0.3 is 11.9 Å². The van der Waals surface area contributed by atoms with Gasteiger partial charge in [-0.05, 0) is 60.5 Å². The van der Waals surface area contributed by atoms with Crippen molar-refractivity contribution < 1.29 is 19.1 Å². The normalized spacial score (nSPS) is 20.8. The number of fused-ring (bicyclic) bond motifs is 1. The van der Waals surface area contributed by atoms with E-state index < -0.39 is 5.97 Å². The van der Waals surface area contributed by atoms with Gasteiger partial charge in [-0.2, -0.15) is 0 Å². The fourth-order valence-electron chi connectivity index (χ4n) is 3.74. The van der Waals surface area contributed by atoms with Gasteiger partial charge in [0, 0.05) is 23.1 Å². The van der Waals surface area contributed by atoms with E-state index in [1.165, 1.54) is 0 Å². The molecule has 5 nitrogen and oxygen atoms in total. The zero-order chi connectivity index (χ0) is 20.4. The second kappa shape index (κ2) is 8.57. The quantitative estimate of drug-likeness (QED) is 0.518. The number of carbonyl (C=O) groups is 2. The Labute approximate surface area is 178 Å². The molecule has 2 aliphatic heterocycles. The molecule has 0 saturated carbocycles. The second-order valence-electron chi connectivity index (χ2n) is 7.04. The summed E-state index contributed by atoms with van der Waals surface area (Å²) in [6, 6.07) is 13.1. The van der Waals surface area contributed by atoms with Crippen molar-refractivity contribution in [2.75, 3.05) is 19.7 Å². The molecule has 2 aromatic rings. The van der Waals surface area contributed by atoms with E-state index >= 15 is 0 Å². The first-order valence-electron chi connectivity index (χ1n) is 9.33. The van der Waals surface area contributed by atoms with Gasteiger partial charge in [0.2, 0.25) is 0 Å². The van der Waals surface area contributed by atoms with E-state index in [2.05, 4.69) is 4.90 Å². The van der Waals surface area contributed by atoms with E-state index in [1.54, 1.807) is 48.5 Å². The number of nitrogens with zero attached hydrogens (tertiary/aromatic N) is 1. The van der Waals surface area contributed by atoms with E-state index in [4.69, 9.17) is 32.7 Å². The monoisotopic (exact) mass is 431 g/mol. The van der Waals surface area contributed by atoms with Crippen molar-refractivity contribution in [1.29, 1.82) is 0 Å². The second-order valence-corrected chi connectivity index (χ2v) is 7.91. The first-order chi connectivity index (χ1) is 14.0. The largest absolute Gasteiger partial charge is 0.458 e. The van der Waals surface area contributed by atoms with Crippen LogP contribution in [0.3, 0.4) is 0 Å². The third kappa shape index (κ3) is 4.47. The molecule has 1 saturated heterocycles. The van der Waals surface area contributed by atoms with Gasteiger partial charge in [0.05, 0.1) is 17.2 Å². The Bertz CT molecular complexity index is 940. The summed E-state index contributed by atoms with van der Waals surface area (Å²) in [6.07, 6.45) is 2.51. The Balaban J connectivity index is 1.38. The maximum atomic E-state index is 12.5. The summed E-state index contributed by atoms with van der Waals surface area (Å²) in [7, 11) is 0. The van der Waals surface area contributed by atoms with E-state index in [-0.39, 0.29) is 24.7 Å². The maximum Gasteiger partial charge on any atom is 0.338 e. The zero-order valence-electron chi connectivity index (χ0n) is 15.5. The highest BCUT2D eigenvalue weighted by Crippen LogP contribution is 2.32. The lowest BCUT2D eigenvalue weighted by Gasteiger charge is -2.24. The maximum absolute atomic E-state index is 12.5. The predicted octanol–water partition coefficient (Wildman–Crippen LogP) is 4.39. The minimum Gasteiger partial charge on any atom is -0.458 e. The molecule has 29 heavy (non-hydrogen) atoms. The molecule has 2 heterocycles. The molecular weight excluding hydrogens is 413 g/mol. The molecule has 2 atom stereocenters. The molecule has 0 aromatic heterocycles. The fraction of sp³-hybridized carbons (Fsp3) is 0.273. The number of hydrogen-bond acceptors (Lipinski definition) is 5. The van der Waals surface area contributed by atoms with Crippen LogP contribution >= 0.6 is 23.2 Å². The summed E-state index contributed by atoms with van der Waals surface area (Å²) in [4.78, 5) is 27.0. The summed E-state index contributed by atoms with van der Waals surface area (Å²) in [6.45, 7) is 1.75. The van der Waals surface area contributed by atoms with Crippen molar-refractivity contribution in [3.8, 4) is 0 Å². The van der Waals surface area contributed by atoms with Gasteiger partial charge < -0.3 is 9.47 Å². The summed E-state index contributed by atoms with van der Waals surface area (Å²) in [5, 5.41) is 1.13. The minimum atomic E-state index is -0.409. The molecule has 0 amide bonds. The summed E-state index contributed by atoms with van der Waals surface area (Å²) in [5.41, 5.74) is 1.87. The Morgan fingerprint density at radius 1 is 0.931 bits per heavy atom. The standard InChI is InChI=1S/C22H19Cl2NO4/c23-17-5-1-14(2-6-17)21(26)28-13-16-9-11-25-12-10-19(20(16)25)29-22(27)15-3-7-18(24)8-4-15/h1-9,19-20H,10-13H2. The van der Waals surface area contributed by atoms with Crippen molar-refractivity contribution in [1.82, 2.24) is 4.90 Å². The van der Waals surface area contributed by atoms with Gasteiger partial charge in [-0.15, -0.1) is 0 Å². The minimum absolute atomic E-state index is 0.0655. The van der Waals surface area contributed by atoms with Crippen molar-refractivity contribution >= 4 is 35.1 Å². The molecule has 2 unspecified atom stereocenters. The van der Waals surface area contributed by atoms with Crippen molar-refractivity contribution in [3.05, 3.63) is 81.4 Å². The van der Waals surface area contributed by atoms with Crippen LogP contribution in [0.4, 0.5) is 0 Å². The summed E-state index contributed by atoms with van der Waals surface area (Å²) < 4.78 is 11.2. The van der Waals surface area contributed by atoms with Gasteiger partial charge in [-0.3, -0.25) is 4.90 Å². The molecule has 0 N–H and O–H groups in total. The first-order valence-corrected chi connectivity index (χ1v) is 10.1. The highest BCUT2D eigenvalue weighted by atomic mass is 35.5. The van der Waals surface area contributed by atoms with Gasteiger partial charge in [0.25, 0.3) is 0 Å². The van der Waals surface area contributed by atoms with Crippen LogP contribution in [0.2, 0.25) is 10.0 Å². The Kier molecular flexibility index (Phi) is 5.90. The highest BCUT2D eigenvalue weighted by Gasteiger charge is 2.42. The van der Waals surface area contributed by atoms with Crippen LogP contribution in [-0.2, 0) is 9.47 Å². The molecule has 4 rings (SSSR count). The number of rotatable bonds is 5. The lowest BCUT2D eigenvalue weighted by Crippen LogP contribution is -2.36. The average molecular weight is 432 g/mol. The van der Waals surface area contributed by atoms with Crippen molar-refractivity contribution in [2.45, 2.75) is 18.6 Å². The van der Waals surface area contributed by atoms with E-state index in [1.807, 2.05) is 6.08 Å². The average Bonchev–Trinajstić information content (AvgIpc) is 3.30. The van der Waals surface area contributed by atoms with Crippen LogP contribution in [0.25, 0.3) is 0 Å². The van der Waals surface area contributed by atoms with Crippen LogP contribution in [-0.4, -0.2) is 48.7 Å². The van der Waals surface area contributed by atoms with Gasteiger partial charge in [0.15, 0.2) is 0 Å². The van der Waals surface area contributed by atoms with Gasteiger partial charge in [-0.25, -0.2) is 9.59 Å². The third-order valence-electron chi connectivity index (χ3n) is 5.20. The number of esters is 2. The van der Waals surface area contributed by atoms with Gasteiger partial charge in [-0.1, -0.05) is 29.3 Å². The Morgan fingerprint density at radius 3 is 2.14 bits per heavy atom. The van der Waals surface area contributed by atoms with Crippen LogP contribution < -0.4 is 0 Å². The SMILES string of the molecule is O=C(OCC1=CCN2CCC(OC(=O)c3ccc(Cl)cc3)C12)c1ccc(Cl)cc1.